The fourth-order valence-corrected chi connectivity index (χ4v) is 10.3. The molecule has 11 aromatic rings. The summed E-state index contributed by atoms with van der Waals surface area (Å²) in [5, 5.41) is 7.36. The van der Waals surface area contributed by atoms with Crippen LogP contribution in [0.3, 0.4) is 0 Å². The Morgan fingerprint density at radius 3 is 1.44 bits per heavy atom. The van der Waals surface area contributed by atoms with Gasteiger partial charge in [-0.15, -0.1) is 0 Å². The molecule has 0 saturated carbocycles. The zero-order chi connectivity index (χ0) is 42.2. The van der Waals surface area contributed by atoms with E-state index in [1.807, 2.05) is 0 Å². The second-order valence-electron chi connectivity index (χ2n) is 17.5. The zero-order valence-corrected chi connectivity index (χ0v) is 35.6. The first-order chi connectivity index (χ1) is 30.9. The van der Waals surface area contributed by atoms with Crippen molar-refractivity contribution in [2.24, 2.45) is 7.05 Å². The van der Waals surface area contributed by atoms with E-state index >= 15 is 0 Å². The Morgan fingerprint density at radius 2 is 0.794 bits per heavy atom. The van der Waals surface area contributed by atoms with Gasteiger partial charge >= 0.3 is 0 Å². The molecule has 0 fully saturated rings. The van der Waals surface area contributed by atoms with Crippen LogP contribution >= 0.6 is 0 Å². The van der Waals surface area contributed by atoms with Gasteiger partial charge in [0.2, 0.25) is 0 Å². The van der Waals surface area contributed by atoms with E-state index in [-0.39, 0.29) is 5.41 Å². The van der Waals surface area contributed by atoms with Crippen molar-refractivity contribution in [2.75, 3.05) is 9.80 Å². The summed E-state index contributed by atoms with van der Waals surface area (Å²) < 4.78 is 2.29. The lowest BCUT2D eigenvalue weighted by Crippen LogP contribution is -2.16. The molecule has 12 rings (SSSR count). The lowest BCUT2D eigenvalue weighted by Gasteiger charge is -2.28. The molecule has 3 heteroatoms. The van der Waals surface area contributed by atoms with Crippen LogP contribution in [0, 0.1) is 0 Å². The lowest BCUT2D eigenvalue weighted by molar-refractivity contribution is 0.660. The monoisotopic (exact) mass is 807 g/mol. The minimum atomic E-state index is -0.0778. The molecule has 0 N–H and O–H groups in total. The first-order valence-electron chi connectivity index (χ1n) is 21.9. The summed E-state index contributed by atoms with van der Waals surface area (Å²) in [4.78, 5) is 4.76. The topological polar surface area (TPSA) is 11.4 Å². The van der Waals surface area contributed by atoms with Gasteiger partial charge in [0.25, 0.3) is 0 Å². The van der Waals surface area contributed by atoms with Crippen molar-refractivity contribution in [3.63, 3.8) is 0 Å². The molecule has 0 aliphatic heterocycles. The molecule has 3 nitrogen and oxygen atoms in total. The van der Waals surface area contributed by atoms with Crippen LogP contribution < -0.4 is 9.80 Å². The summed E-state index contributed by atoms with van der Waals surface area (Å²) in [6, 6.07) is 80.3. The molecule has 0 unspecified atom stereocenters. The number of para-hydroxylation sites is 3. The average Bonchev–Trinajstić information content (AvgIpc) is 3.75. The Kier molecular flexibility index (Phi) is 8.42. The number of hydrogen-bond acceptors (Lipinski definition) is 2. The molecule has 1 aliphatic rings. The number of aryl methyl sites for hydroxylation is 1. The Morgan fingerprint density at radius 1 is 0.333 bits per heavy atom. The van der Waals surface area contributed by atoms with Crippen LogP contribution in [0.4, 0.5) is 34.1 Å². The van der Waals surface area contributed by atoms with E-state index in [1.54, 1.807) is 0 Å². The molecular formula is C60H45N3. The summed E-state index contributed by atoms with van der Waals surface area (Å²) in [5.74, 6) is 0. The minimum Gasteiger partial charge on any atom is -0.344 e. The molecule has 0 saturated heterocycles. The summed E-state index contributed by atoms with van der Waals surface area (Å²) in [7, 11) is 2.15. The summed E-state index contributed by atoms with van der Waals surface area (Å²) >= 11 is 0. The second-order valence-corrected chi connectivity index (χ2v) is 17.5. The smallest absolute Gasteiger partial charge is 0.0490 e. The van der Waals surface area contributed by atoms with Crippen LogP contribution in [-0.4, -0.2) is 4.57 Å². The lowest BCUT2D eigenvalue weighted by atomic mass is 9.82. The van der Waals surface area contributed by atoms with Crippen molar-refractivity contribution in [3.05, 3.63) is 230 Å². The van der Waals surface area contributed by atoms with Gasteiger partial charge in [-0.05, 0) is 152 Å². The van der Waals surface area contributed by atoms with Crippen molar-refractivity contribution in [2.45, 2.75) is 19.3 Å². The van der Waals surface area contributed by atoms with Gasteiger partial charge in [-0.1, -0.05) is 135 Å². The highest BCUT2D eigenvalue weighted by Crippen LogP contribution is 2.51. The normalized spacial score (nSPS) is 12.8. The van der Waals surface area contributed by atoms with Crippen LogP contribution in [0.5, 0.6) is 0 Å². The Balaban J connectivity index is 0.883. The third-order valence-corrected chi connectivity index (χ3v) is 13.5. The van der Waals surface area contributed by atoms with Crippen molar-refractivity contribution < 1.29 is 0 Å². The highest BCUT2D eigenvalue weighted by Gasteiger charge is 2.35. The first kappa shape index (κ1) is 36.9. The molecule has 0 bridgehead atoms. The van der Waals surface area contributed by atoms with Crippen LogP contribution in [0.1, 0.15) is 25.0 Å². The molecule has 0 radical (unpaired) electrons. The zero-order valence-electron chi connectivity index (χ0n) is 35.6. The number of anilines is 6. The third kappa shape index (κ3) is 6.03. The van der Waals surface area contributed by atoms with E-state index in [2.05, 4.69) is 254 Å². The third-order valence-electron chi connectivity index (χ3n) is 13.5. The number of fused-ring (bicyclic) bond motifs is 8. The maximum atomic E-state index is 2.41. The average molecular weight is 808 g/mol. The minimum absolute atomic E-state index is 0.0778. The van der Waals surface area contributed by atoms with E-state index < -0.39 is 0 Å². The maximum absolute atomic E-state index is 2.41. The van der Waals surface area contributed by atoms with Gasteiger partial charge in [0.15, 0.2) is 0 Å². The van der Waals surface area contributed by atoms with E-state index in [0.29, 0.717) is 0 Å². The molecule has 63 heavy (non-hydrogen) atoms. The molecule has 1 aromatic heterocycles. The van der Waals surface area contributed by atoms with Crippen molar-refractivity contribution >= 4 is 77.5 Å². The van der Waals surface area contributed by atoms with E-state index in [9.17, 15) is 0 Å². The Labute approximate surface area is 368 Å². The van der Waals surface area contributed by atoms with Gasteiger partial charge < -0.3 is 14.4 Å². The van der Waals surface area contributed by atoms with Crippen molar-refractivity contribution in [1.29, 1.82) is 0 Å². The molecule has 1 heterocycles. The highest BCUT2D eigenvalue weighted by molar-refractivity contribution is 6.09. The van der Waals surface area contributed by atoms with E-state index in [4.69, 9.17) is 0 Å². The fraction of sp³-hybridized carbons (Fsp3) is 0.0667. The second kappa shape index (κ2) is 14.4. The van der Waals surface area contributed by atoms with Gasteiger partial charge in [-0.2, -0.15) is 0 Å². The van der Waals surface area contributed by atoms with Crippen molar-refractivity contribution in [3.8, 4) is 22.3 Å². The van der Waals surface area contributed by atoms with Crippen LogP contribution in [-0.2, 0) is 12.5 Å². The SMILES string of the molecule is Cn1c2ccccc2c2cc(N(c3ccccc3)c3ccc4cc(-c5ccc6cc(N(c7ccccc7)c7ccc8c(c7)C(C)(C)c7ccccc7-8)ccc6c5)ccc4c3)ccc21. The quantitative estimate of drug-likeness (QED) is 0.159. The van der Waals surface area contributed by atoms with Gasteiger partial charge in [0.1, 0.15) is 0 Å². The van der Waals surface area contributed by atoms with Gasteiger partial charge in [0.05, 0.1) is 0 Å². The molecule has 300 valence electrons. The van der Waals surface area contributed by atoms with Gasteiger partial charge in [0, 0.05) is 68.4 Å². The van der Waals surface area contributed by atoms with Crippen LogP contribution in [0.2, 0.25) is 0 Å². The molecule has 10 aromatic carbocycles. The van der Waals surface area contributed by atoms with E-state index in [0.717, 1.165) is 34.1 Å². The Hall–Kier alpha value is -7.88. The molecule has 0 spiro atoms. The number of nitrogens with zero attached hydrogens (tertiary/aromatic N) is 3. The van der Waals surface area contributed by atoms with E-state index in [1.165, 1.54) is 76.7 Å². The summed E-state index contributed by atoms with van der Waals surface area (Å²) in [6.07, 6.45) is 0. The molecule has 1 aliphatic carbocycles. The number of benzene rings is 10. The Bertz CT molecular complexity index is 3560. The predicted molar refractivity (Wildman–Crippen MR) is 268 cm³/mol. The predicted octanol–water partition coefficient (Wildman–Crippen LogP) is 16.6. The standard InChI is InChI=1S/C60H45N3/c1-60(2)56-20-12-10-18-52(56)53-32-30-51(39-57(53)60)63(47-16-8-5-9-17-47)49-29-27-43-35-41(23-25-45(43)37-49)40-22-24-44-36-48(28-26-42(44)34-40)62(46-14-6-4-7-15-46)50-31-33-59-55(38-50)54-19-11-13-21-58(54)61(59)3/h4-39H,1-3H3. The maximum Gasteiger partial charge on any atom is 0.0490 e. The molecular weight excluding hydrogens is 763 g/mol. The molecule has 0 atom stereocenters. The first-order valence-corrected chi connectivity index (χ1v) is 21.9. The largest absolute Gasteiger partial charge is 0.344 e. The number of hydrogen-bond donors (Lipinski definition) is 0. The fourth-order valence-electron chi connectivity index (χ4n) is 10.3. The van der Waals surface area contributed by atoms with Gasteiger partial charge in [-0.3, -0.25) is 0 Å². The van der Waals surface area contributed by atoms with Crippen molar-refractivity contribution in [1.82, 2.24) is 4.57 Å². The van der Waals surface area contributed by atoms with Gasteiger partial charge in [-0.25, -0.2) is 0 Å². The number of aromatic nitrogens is 1. The molecule has 0 amide bonds. The summed E-state index contributed by atoms with van der Waals surface area (Å²) in [5.41, 5.74) is 17.1. The highest BCUT2D eigenvalue weighted by atomic mass is 15.1. The van der Waals surface area contributed by atoms with Crippen LogP contribution in [0.25, 0.3) is 65.6 Å². The number of rotatable bonds is 7. The summed E-state index contributed by atoms with van der Waals surface area (Å²) in [6.45, 7) is 4.70. The van der Waals surface area contributed by atoms with Crippen LogP contribution in [0.15, 0.2) is 218 Å².